The summed E-state index contributed by atoms with van der Waals surface area (Å²) in [7, 11) is 0. The average molecular weight is 446 g/mol. The van der Waals surface area contributed by atoms with Gasteiger partial charge in [-0.25, -0.2) is 9.87 Å². The summed E-state index contributed by atoms with van der Waals surface area (Å²) in [6.45, 7) is 3.04. The minimum absolute atomic E-state index is 0.0853. The number of nitrogens with zero attached hydrogens (tertiary/aromatic N) is 2. The number of hydrogen-bond donors (Lipinski definition) is 3. The summed E-state index contributed by atoms with van der Waals surface area (Å²) in [5.41, 5.74) is 0.624. The molecule has 2 aromatic rings. The molecule has 1 heterocycles. The summed E-state index contributed by atoms with van der Waals surface area (Å²) in [6, 6.07) is 2.95. The van der Waals surface area contributed by atoms with Crippen LogP contribution in [0.1, 0.15) is 37.6 Å². The molecule has 0 aliphatic heterocycles. The van der Waals surface area contributed by atoms with Crippen molar-refractivity contribution in [1.29, 1.82) is 0 Å². The fraction of sp³-hybridized carbons (Fsp3) is 0.429. The molecule has 1 unspecified atom stereocenters. The largest absolute Gasteiger partial charge is 0.771 e. The van der Waals surface area contributed by atoms with E-state index in [9.17, 15) is 17.9 Å². The number of aromatic nitrogens is 2. The molecule has 4 atom stereocenters. The van der Waals surface area contributed by atoms with Crippen molar-refractivity contribution in [3.05, 3.63) is 29.7 Å². The third kappa shape index (κ3) is 5.12. The van der Waals surface area contributed by atoms with Crippen molar-refractivity contribution in [2.24, 2.45) is 17.3 Å². The number of aliphatic hydroxyl groups is 1. The molecule has 3 rings (SSSR count). The Hall–Kier alpha value is -2.76. The average Bonchev–Trinajstić information content (AvgIpc) is 3.36. The number of benzene rings is 1. The van der Waals surface area contributed by atoms with E-state index in [0.29, 0.717) is 0 Å². The smallest absolute Gasteiger partial charge is 0.249 e. The molecule has 31 heavy (non-hydrogen) atoms. The van der Waals surface area contributed by atoms with Gasteiger partial charge in [0.15, 0.2) is 0 Å². The van der Waals surface area contributed by atoms with E-state index in [2.05, 4.69) is 28.8 Å². The number of carbonyl (C=O) groups is 1. The zero-order chi connectivity index (χ0) is 22.8. The van der Waals surface area contributed by atoms with Crippen LogP contribution in [0, 0.1) is 46.7 Å². The number of amides is 1. The van der Waals surface area contributed by atoms with Crippen molar-refractivity contribution in [2.45, 2.75) is 32.1 Å². The molecule has 0 spiro atoms. The molecule has 8 nitrogen and oxygen atoms in total. The van der Waals surface area contributed by atoms with Crippen LogP contribution in [0.5, 0.6) is 0 Å². The lowest BCUT2D eigenvalue weighted by Crippen LogP contribution is -2.37. The summed E-state index contributed by atoms with van der Waals surface area (Å²) in [5.74, 6) is 9.74. The van der Waals surface area contributed by atoms with Crippen LogP contribution < -0.4 is 5.48 Å². The van der Waals surface area contributed by atoms with Gasteiger partial charge in [-0.15, -0.1) is 0 Å². The van der Waals surface area contributed by atoms with Gasteiger partial charge in [0.25, 0.3) is 0 Å². The van der Waals surface area contributed by atoms with E-state index in [1.807, 2.05) is 0 Å². The lowest BCUT2D eigenvalue weighted by atomic mass is 9.88. The normalized spacial score (nSPS) is 19.5. The van der Waals surface area contributed by atoms with Crippen LogP contribution >= 0.6 is 0 Å². The molecule has 1 aliphatic rings. The fourth-order valence-corrected chi connectivity index (χ4v) is 3.94. The number of nitrogens with one attached hydrogen (secondary N) is 1. The Labute approximate surface area is 181 Å². The maximum Gasteiger partial charge on any atom is 0.249 e. The molecular formula is C21H21FN3O5S-. The van der Waals surface area contributed by atoms with Crippen LogP contribution in [0.25, 0.3) is 10.9 Å². The molecule has 1 saturated carbocycles. The summed E-state index contributed by atoms with van der Waals surface area (Å²) in [4.78, 5) is 11.8. The van der Waals surface area contributed by atoms with Crippen LogP contribution in [0.15, 0.2) is 18.3 Å². The minimum atomic E-state index is -2.66. The summed E-state index contributed by atoms with van der Waals surface area (Å²) < 4.78 is 39.6. The first-order valence-electron chi connectivity index (χ1n) is 9.50. The molecule has 3 N–H and O–H groups in total. The van der Waals surface area contributed by atoms with E-state index in [-0.39, 0.29) is 41.3 Å². The molecule has 0 saturated heterocycles. The Bertz CT molecular complexity index is 1150. The number of aliphatic hydroxyl groups excluding tert-OH is 1. The van der Waals surface area contributed by atoms with Crippen molar-refractivity contribution >= 4 is 27.9 Å². The summed E-state index contributed by atoms with van der Waals surface area (Å²) >= 11 is -2.66. The first kappa shape index (κ1) is 22.9. The Morgan fingerprint density at radius 1 is 1.48 bits per heavy atom. The zero-order valence-corrected chi connectivity index (χ0v) is 17.7. The maximum absolute atomic E-state index is 14.9. The molecule has 0 radical (unpaired) electrons. The van der Waals surface area contributed by atoms with Crippen molar-refractivity contribution in [3.63, 3.8) is 0 Å². The monoisotopic (exact) mass is 446 g/mol. The number of hydrogen-bond acceptors (Lipinski definition) is 6. The lowest BCUT2D eigenvalue weighted by molar-refractivity contribution is -0.138. The number of fused-ring (bicyclic) bond motifs is 1. The summed E-state index contributed by atoms with van der Waals surface area (Å²) in [6.07, 6.45) is 1.90. The van der Waals surface area contributed by atoms with Crippen molar-refractivity contribution in [3.8, 4) is 23.7 Å². The first-order chi connectivity index (χ1) is 14.7. The van der Waals surface area contributed by atoms with Gasteiger partial charge in [0.2, 0.25) is 5.91 Å². The van der Waals surface area contributed by atoms with Crippen LogP contribution in [-0.4, -0.2) is 41.4 Å². The van der Waals surface area contributed by atoms with Gasteiger partial charge in [-0.05, 0) is 59.7 Å². The van der Waals surface area contributed by atoms with Crippen LogP contribution in [0.4, 0.5) is 4.39 Å². The van der Waals surface area contributed by atoms with Gasteiger partial charge in [0, 0.05) is 24.1 Å². The van der Waals surface area contributed by atoms with E-state index in [1.54, 1.807) is 0 Å². The third-order valence-corrected chi connectivity index (χ3v) is 6.06. The van der Waals surface area contributed by atoms with Gasteiger partial charge in [0.1, 0.15) is 11.2 Å². The number of rotatable bonds is 6. The topological polar surface area (TPSA) is 128 Å². The Morgan fingerprint density at radius 3 is 2.84 bits per heavy atom. The van der Waals surface area contributed by atoms with Gasteiger partial charge in [-0.3, -0.25) is 18.9 Å². The predicted molar refractivity (Wildman–Crippen MR) is 109 cm³/mol. The second-order valence-corrected chi connectivity index (χ2v) is 9.08. The predicted octanol–water partition coefficient (Wildman–Crippen LogP) is 1.46. The van der Waals surface area contributed by atoms with E-state index >= 15 is 0 Å². The Morgan fingerprint density at radius 2 is 2.23 bits per heavy atom. The van der Waals surface area contributed by atoms with Gasteiger partial charge in [-0.2, -0.15) is 5.10 Å². The molecule has 1 fully saturated rings. The van der Waals surface area contributed by atoms with E-state index in [1.165, 1.54) is 37.7 Å². The van der Waals surface area contributed by atoms with Gasteiger partial charge >= 0.3 is 0 Å². The van der Waals surface area contributed by atoms with Gasteiger partial charge < -0.3 is 9.66 Å². The molecule has 1 aromatic heterocycles. The second kappa shape index (κ2) is 9.16. The Balaban J connectivity index is 1.87. The molecule has 10 heteroatoms. The molecule has 164 valence electrons. The van der Waals surface area contributed by atoms with Crippen molar-refractivity contribution in [2.75, 3.05) is 6.61 Å². The van der Waals surface area contributed by atoms with E-state index < -0.39 is 33.6 Å². The SMILES string of the molecule is CC(C)(C[C@H](n1cc2c(F)c(C#CC#C[C@H]3C[C@@H]3CO)ccc2n1)S(=O)[O-])C(=O)NO. The van der Waals surface area contributed by atoms with Gasteiger partial charge in [-0.1, -0.05) is 19.8 Å². The van der Waals surface area contributed by atoms with Crippen LogP contribution in [-0.2, 0) is 15.9 Å². The fourth-order valence-electron chi connectivity index (χ4n) is 3.11. The molecule has 1 aromatic carbocycles. The van der Waals surface area contributed by atoms with Gasteiger partial charge in [0.05, 0.1) is 16.5 Å². The van der Waals surface area contributed by atoms with Crippen molar-refractivity contribution in [1.82, 2.24) is 15.3 Å². The molecule has 0 bridgehead atoms. The number of hydroxylamine groups is 1. The minimum Gasteiger partial charge on any atom is -0.771 e. The quantitative estimate of drug-likeness (QED) is 0.267. The van der Waals surface area contributed by atoms with Crippen LogP contribution in [0.2, 0.25) is 0 Å². The lowest BCUT2D eigenvalue weighted by Gasteiger charge is -2.29. The van der Waals surface area contributed by atoms with E-state index in [4.69, 9.17) is 10.3 Å². The van der Waals surface area contributed by atoms with Crippen molar-refractivity contribution < 1.29 is 28.3 Å². The maximum atomic E-state index is 14.9. The number of halogens is 1. The third-order valence-electron chi connectivity index (χ3n) is 5.23. The summed E-state index contributed by atoms with van der Waals surface area (Å²) in [5, 5.41) is 20.8. The number of carbonyl (C=O) groups excluding carboxylic acids is 1. The standard InChI is InChI=1S/C21H22FN3O5S/c1-21(2,20(27)24-28)10-18(31(29)30)25-11-16-17(23-25)8-7-13(19(16)22)5-3-4-6-14-9-15(14)12-26/h7-8,11,14-15,18,26,28H,9-10,12H2,1-2H3,(H,24,27)(H,29,30)/p-1/t14-,15+,18+/m0/s1. The molecule has 1 aliphatic carbocycles. The highest BCUT2D eigenvalue weighted by molar-refractivity contribution is 7.79. The highest BCUT2D eigenvalue weighted by Crippen LogP contribution is 2.36. The zero-order valence-electron chi connectivity index (χ0n) is 16.9. The highest BCUT2D eigenvalue weighted by atomic mass is 32.2. The van der Waals surface area contributed by atoms with E-state index in [0.717, 1.165) is 11.1 Å². The van der Waals surface area contributed by atoms with Crippen LogP contribution in [0.3, 0.4) is 0 Å². The molecule has 1 amide bonds. The Kier molecular flexibility index (Phi) is 6.77. The second-order valence-electron chi connectivity index (χ2n) is 8.02. The highest BCUT2D eigenvalue weighted by Gasteiger charge is 2.34. The first-order valence-corrected chi connectivity index (χ1v) is 10.6. The molecular weight excluding hydrogens is 425 g/mol.